The predicted molar refractivity (Wildman–Crippen MR) is 91.8 cm³/mol. The van der Waals surface area contributed by atoms with Crippen molar-refractivity contribution in [2.45, 2.75) is 19.5 Å². The number of aryl methyl sites for hydroxylation is 1. The van der Waals surface area contributed by atoms with Gasteiger partial charge in [0.1, 0.15) is 12.0 Å². The smallest absolute Gasteiger partial charge is 0.191 e. The summed E-state index contributed by atoms with van der Waals surface area (Å²) in [4.78, 5) is 15.6. The highest BCUT2D eigenvalue weighted by Crippen LogP contribution is 2.26. The van der Waals surface area contributed by atoms with Crippen LogP contribution in [0.4, 0.5) is 0 Å². The summed E-state index contributed by atoms with van der Waals surface area (Å²) >= 11 is 0. The molecule has 0 aliphatic carbocycles. The van der Waals surface area contributed by atoms with E-state index in [1.54, 1.807) is 18.7 Å². The summed E-state index contributed by atoms with van der Waals surface area (Å²) in [6, 6.07) is 4.32. The van der Waals surface area contributed by atoms with Crippen LogP contribution in [-0.2, 0) is 11.3 Å². The number of hydrogen-bond donors (Lipinski definition) is 0. The molecular weight excluding hydrogens is 318 g/mol. The zero-order valence-electron chi connectivity index (χ0n) is 14.2. The molecule has 0 N–H and O–H groups in total. The molecule has 1 atom stereocenters. The third-order valence-electron chi connectivity index (χ3n) is 4.49. The average molecular weight is 339 g/mol. The van der Waals surface area contributed by atoms with Crippen molar-refractivity contribution in [3.8, 4) is 11.5 Å². The lowest BCUT2D eigenvalue weighted by Gasteiger charge is -2.35. The molecule has 0 amide bonds. The number of morpholine rings is 1. The third kappa shape index (κ3) is 3.47. The molecule has 25 heavy (non-hydrogen) atoms. The molecule has 7 nitrogen and oxygen atoms in total. The van der Waals surface area contributed by atoms with Crippen molar-refractivity contribution in [2.24, 2.45) is 0 Å². The van der Waals surface area contributed by atoms with E-state index in [9.17, 15) is 0 Å². The molecule has 4 heterocycles. The molecule has 1 aliphatic heterocycles. The number of nitrogens with zero attached hydrogens (tertiary/aromatic N) is 5. The van der Waals surface area contributed by atoms with Gasteiger partial charge >= 0.3 is 0 Å². The molecule has 0 radical (unpaired) electrons. The maximum absolute atomic E-state index is 5.52. The highest BCUT2D eigenvalue weighted by Gasteiger charge is 2.24. The fraction of sp³-hybridized carbons (Fsp3) is 0.389. The number of ether oxygens (including phenoxy) is 1. The first-order chi connectivity index (χ1) is 12.3. The summed E-state index contributed by atoms with van der Waals surface area (Å²) in [5.74, 6) is 1.46. The van der Waals surface area contributed by atoms with Crippen molar-refractivity contribution in [1.29, 1.82) is 0 Å². The van der Waals surface area contributed by atoms with Gasteiger partial charge in [-0.2, -0.15) is 0 Å². The molecule has 3 aromatic heterocycles. The van der Waals surface area contributed by atoms with Gasteiger partial charge in [0.05, 0.1) is 19.3 Å². The van der Waals surface area contributed by atoms with Gasteiger partial charge in [0, 0.05) is 51.3 Å². The van der Waals surface area contributed by atoms with E-state index in [-0.39, 0.29) is 6.04 Å². The minimum Gasteiger partial charge on any atom is -0.449 e. The van der Waals surface area contributed by atoms with Gasteiger partial charge in [-0.3, -0.25) is 9.88 Å². The molecule has 3 aromatic rings. The highest BCUT2D eigenvalue weighted by atomic mass is 16.5. The van der Waals surface area contributed by atoms with E-state index in [2.05, 4.69) is 30.5 Å². The Labute approximate surface area is 146 Å². The fourth-order valence-corrected chi connectivity index (χ4v) is 3.24. The lowest BCUT2D eigenvalue weighted by Crippen LogP contribution is -2.40. The Bertz CT molecular complexity index is 808. The van der Waals surface area contributed by atoms with E-state index in [1.807, 2.05) is 25.4 Å². The average Bonchev–Trinajstić information content (AvgIpc) is 3.29. The van der Waals surface area contributed by atoms with E-state index in [0.717, 1.165) is 44.4 Å². The first-order valence-electron chi connectivity index (χ1n) is 8.46. The van der Waals surface area contributed by atoms with Gasteiger partial charge in [-0.15, -0.1) is 0 Å². The molecule has 0 bridgehead atoms. The van der Waals surface area contributed by atoms with Gasteiger partial charge < -0.3 is 13.7 Å². The second kappa shape index (κ2) is 7.16. The highest BCUT2D eigenvalue weighted by molar-refractivity contribution is 5.47. The maximum Gasteiger partial charge on any atom is 0.191 e. The maximum atomic E-state index is 5.52. The summed E-state index contributed by atoms with van der Waals surface area (Å²) in [6.07, 6.45) is 9.20. The van der Waals surface area contributed by atoms with Crippen LogP contribution in [-0.4, -0.2) is 50.7 Å². The Morgan fingerprint density at radius 3 is 2.84 bits per heavy atom. The lowest BCUT2D eigenvalue weighted by atomic mass is 10.1. The van der Waals surface area contributed by atoms with Crippen LogP contribution in [0.3, 0.4) is 0 Å². The molecule has 0 saturated carbocycles. The van der Waals surface area contributed by atoms with Gasteiger partial charge in [-0.05, 0) is 11.6 Å². The van der Waals surface area contributed by atoms with Crippen LogP contribution in [0.1, 0.15) is 17.5 Å². The van der Waals surface area contributed by atoms with Crippen LogP contribution < -0.4 is 0 Å². The number of rotatable bonds is 5. The minimum absolute atomic E-state index is 0.207. The molecule has 1 aliphatic rings. The molecule has 4 rings (SSSR count). The lowest BCUT2D eigenvalue weighted by molar-refractivity contribution is 0.0123. The zero-order chi connectivity index (χ0) is 17.1. The van der Waals surface area contributed by atoms with Crippen LogP contribution in [0.15, 0.2) is 47.6 Å². The summed E-state index contributed by atoms with van der Waals surface area (Å²) in [6.45, 7) is 5.95. The number of hydrogen-bond acceptors (Lipinski definition) is 6. The molecule has 0 spiro atoms. The Balaban J connectivity index is 1.64. The topological polar surface area (TPSA) is 69.2 Å². The van der Waals surface area contributed by atoms with Gasteiger partial charge in [0.15, 0.2) is 11.7 Å². The van der Waals surface area contributed by atoms with Gasteiger partial charge in [-0.25, -0.2) is 9.97 Å². The monoisotopic (exact) mass is 339 g/mol. The van der Waals surface area contributed by atoms with Crippen molar-refractivity contribution in [2.75, 3.05) is 26.3 Å². The molecule has 1 fully saturated rings. The van der Waals surface area contributed by atoms with Crippen molar-refractivity contribution in [3.05, 3.63) is 54.6 Å². The van der Waals surface area contributed by atoms with Crippen LogP contribution >= 0.6 is 0 Å². The number of pyridine rings is 1. The summed E-state index contributed by atoms with van der Waals surface area (Å²) in [7, 11) is 0. The third-order valence-corrected chi connectivity index (χ3v) is 4.49. The van der Waals surface area contributed by atoms with Gasteiger partial charge in [0.2, 0.25) is 0 Å². The Morgan fingerprint density at radius 2 is 2.12 bits per heavy atom. The zero-order valence-corrected chi connectivity index (χ0v) is 14.2. The van der Waals surface area contributed by atoms with Crippen molar-refractivity contribution in [3.63, 3.8) is 0 Å². The molecule has 130 valence electrons. The van der Waals surface area contributed by atoms with E-state index in [4.69, 9.17) is 9.15 Å². The van der Waals surface area contributed by atoms with Crippen LogP contribution in [0, 0.1) is 6.92 Å². The molecule has 1 saturated heterocycles. The Morgan fingerprint density at radius 1 is 1.24 bits per heavy atom. The summed E-state index contributed by atoms with van der Waals surface area (Å²) in [5.41, 5.74) is 1.95. The SMILES string of the molecule is Cc1nc(-c2nccn2C[C@@H](c2cccnc2)N2CCOCC2)co1. The molecular formula is C18H21N5O2. The van der Waals surface area contributed by atoms with E-state index in [1.165, 1.54) is 5.56 Å². The quantitative estimate of drug-likeness (QED) is 0.710. The fourth-order valence-electron chi connectivity index (χ4n) is 3.24. The van der Waals surface area contributed by atoms with E-state index in [0.29, 0.717) is 5.89 Å². The molecule has 0 aromatic carbocycles. The summed E-state index contributed by atoms with van der Waals surface area (Å²) < 4.78 is 13.0. The van der Waals surface area contributed by atoms with Crippen molar-refractivity contribution in [1.82, 2.24) is 24.4 Å². The number of aromatic nitrogens is 4. The van der Waals surface area contributed by atoms with Crippen molar-refractivity contribution >= 4 is 0 Å². The summed E-state index contributed by atoms with van der Waals surface area (Å²) in [5, 5.41) is 0. The minimum atomic E-state index is 0.207. The Kier molecular flexibility index (Phi) is 4.58. The molecule has 0 unspecified atom stereocenters. The standard InChI is InChI=1S/C18H21N5O2/c1-14-21-16(13-25-14)18-20-5-6-23(18)12-17(15-3-2-4-19-11-15)22-7-9-24-10-8-22/h2-6,11,13,17H,7-10,12H2,1H3/t17-/m0/s1. The van der Waals surface area contributed by atoms with Gasteiger partial charge in [0.25, 0.3) is 0 Å². The van der Waals surface area contributed by atoms with E-state index < -0.39 is 0 Å². The second-order valence-corrected chi connectivity index (χ2v) is 6.11. The largest absolute Gasteiger partial charge is 0.449 e. The van der Waals surface area contributed by atoms with Gasteiger partial charge in [-0.1, -0.05) is 6.07 Å². The van der Waals surface area contributed by atoms with Crippen LogP contribution in [0.5, 0.6) is 0 Å². The first kappa shape index (κ1) is 16.0. The first-order valence-corrected chi connectivity index (χ1v) is 8.46. The molecule has 7 heteroatoms. The predicted octanol–water partition coefficient (Wildman–Crippen LogP) is 2.32. The number of oxazole rings is 1. The van der Waals surface area contributed by atoms with Crippen molar-refractivity contribution < 1.29 is 9.15 Å². The number of imidazole rings is 1. The van der Waals surface area contributed by atoms with Crippen LogP contribution in [0.25, 0.3) is 11.5 Å². The van der Waals surface area contributed by atoms with E-state index >= 15 is 0 Å². The second-order valence-electron chi connectivity index (χ2n) is 6.11. The normalized spacial score (nSPS) is 16.8. The Hall–Kier alpha value is -2.51. The van der Waals surface area contributed by atoms with Crippen LogP contribution in [0.2, 0.25) is 0 Å².